The first-order valence-corrected chi connectivity index (χ1v) is 12.2. The van der Waals surface area contributed by atoms with Gasteiger partial charge in [-0.15, -0.1) is 0 Å². The van der Waals surface area contributed by atoms with Gasteiger partial charge in [0.2, 0.25) is 0 Å². The number of non-ortho nitro benzene ring substituents is 1. The third-order valence-corrected chi connectivity index (χ3v) is 6.78. The van der Waals surface area contributed by atoms with Crippen LogP contribution in [0.4, 0.5) is 5.69 Å². The average molecular weight is 504 g/mol. The van der Waals surface area contributed by atoms with Gasteiger partial charge in [0.1, 0.15) is 11.6 Å². The Kier molecular flexibility index (Phi) is 6.74. The molecule has 8 heteroatoms. The summed E-state index contributed by atoms with van der Waals surface area (Å²) < 4.78 is 2.09. The molecule has 0 spiro atoms. The van der Waals surface area contributed by atoms with Crippen LogP contribution >= 0.6 is 0 Å². The maximum Gasteiger partial charge on any atom is 0.269 e. The molecule has 0 bridgehead atoms. The number of aromatic nitrogens is 2. The first kappa shape index (κ1) is 24.5. The number of amides is 1. The topological polar surface area (TPSA) is 117 Å². The Bertz CT molecular complexity index is 1740. The molecule has 2 aromatic heterocycles. The van der Waals surface area contributed by atoms with Crippen LogP contribution in [0.25, 0.3) is 27.9 Å². The molecule has 0 fully saturated rings. The SMILES string of the molecule is Cc1c(C=C(C#N)C(=O)NCCc2c[nH]c3ccccc23)c2ccccc2n1Cc1ccc([N+](=O)[O-])cc1. The van der Waals surface area contributed by atoms with E-state index < -0.39 is 10.8 Å². The summed E-state index contributed by atoms with van der Waals surface area (Å²) >= 11 is 0. The van der Waals surface area contributed by atoms with Crippen molar-refractivity contribution in [1.29, 1.82) is 5.26 Å². The number of fused-ring (bicyclic) bond motifs is 2. The maximum absolute atomic E-state index is 12.9. The largest absolute Gasteiger partial charge is 0.361 e. The fraction of sp³-hybridized carbons (Fsp3) is 0.133. The van der Waals surface area contributed by atoms with Crippen LogP contribution in [-0.4, -0.2) is 26.9 Å². The maximum atomic E-state index is 12.9. The van der Waals surface area contributed by atoms with E-state index in [1.165, 1.54) is 12.1 Å². The van der Waals surface area contributed by atoms with Gasteiger partial charge in [0.25, 0.3) is 11.6 Å². The molecule has 0 atom stereocenters. The van der Waals surface area contributed by atoms with Gasteiger partial charge in [0, 0.05) is 64.5 Å². The highest BCUT2D eigenvalue weighted by atomic mass is 16.6. The predicted molar refractivity (Wildman–Crippen MR) is 147 cm³/mol. The smallest absolute Gasteiger partial charge is 0.269 e. The van der Waals surface area contributed by atoms with Crippen molar-refractivity contribution < 1.29 is 9.72 Å². The Morgan fingerprint density at radius 2 is 1.79 bits per heavy atom. The number of nitrogens with zero attached hydrogens (tertiary/aromatic N) is 3. The quantitative estimate of drug-likeness (QED) is 0.123. The zero-order valence-corrected chi connectivity index (χ0v) is 20.8. The normalized spacial score (nSPS) is 11.5. The molecule has 0 saturated heterocycles. The number of rotatable bonds is 8. The Labute approximate surface area is 219 Å². The van der Waals surface area contributed by atoms with Gasteiger partial charge in [-0.2, -0.15) is 5.26 Å². The van der Waals surface area contributed by atoms with E-state index in [0.29, 0.717) is 19.5 Å². The summed E-state index contributed by atoms with van der Waals surface area (Å²) in [5.74, 6) is -0.418. The third kappa shape index (κ3) is 4.77. The Morgan fingerprint density at radius 1 is 1.08 bits per heavy atom. The molecule has 5 aromatic rings. The molecule has 0 unspecified atom stereocenters. The molecule has 188 valence electrons. The van der Waals surface area contributed by atoms with E-state index in [4.69, 9.17) is 0 Å². The number of aromatic amines is 1. The molecule has 0 aliphatic carbocycles. The molecule has 8 nitrogen and oxygen atoms in total. The highest BCUT2D eigenvalue weighted by Crippen LogP contribution is 2.29. The summed E-state index contributed by atoms with van der Waals surface area (Å²) in [6, 6.07) is 24.3. The fourth-order valence-electron chi connectivity index (χ4n) is 4.79. The average Bonchev–Trinajstić information content (AvgIpc) is 3.46. The lowest BCUT2D eigenvalue weighted by Gasteiger charge is -2.09. The molecular formula is C30H25N5O3. The number of hydrogen-bond acceptors (Lipinski definition) is 4. The number of benzene rings is 3. The Balaban J connectivity index is 1.38. The Morgan fingerprint density at radius 3 is 2.53 bits per heavy atom. The fourth-order valence-corrected chi connectivity index (χ4v) is 4.79. The van der Waals surface area contributed by atoms with Crippen molar-refractivity contribution in [3.05, 3.63) is 117 Å². The van der Waals surface area contributed by atoms with Gasteiger partial charge in [-0.25, -0.2) is 0 Å². The molecule has 0 aliphatic rings. The zero-order valence-electron chi connectivity index (χ0n) is 20.8. The van der Waals surface area contributed by atoms with Crippen LogP contribution < -0.4 is 5.32 Å². The van der Waals surface area contributed by atoms with Crippen LogP contribution in [-0.2, 0) is 17.8 Å². The highest BCUT2D eigenvalue weighted by molar-refractivity contribution is 6.04. The molecule has 3 aromatic carbocycles. The number of nitro groups is 1. The third-order valence-electron chi connectivity index (χ3n) is 6.78. The molecule has 0 saturated carbocycles. The number of hydrogen-bond donors (Lipinski definition) is 2. The summed E-state index contributed by atoms with van der Waals surface area (Å²) in [6.07, 6.45) is 4.23. The van der Waals surface area contributed by atoms with E-state index in [1.807, 2.05) is 61.7 Å². The van der Waals surface area contributed by atoms with Crippen molar-refractivity contribution in [2.45, 2.75) is 19.9 Å². The van der Waals surface area contributed by atoms with Gasteiger partial charge in [-0.05, 0) is 42.7 Å². The first-order chi connectivity index (χ1) is 18.5. The number of carbonyl (C=O) groups excluding carboxylic acids is 1. The summed E-state index contributed by atoms with van der Waals surface area (Å²) in [5, 5.41) is 25.7. The molecule has 5 rings (SSSR count). The highest BCUT2D eigenvalue weighted by Gasteiger charge is 2.16. The molecular weight excluding hydrogens is 478 g/mol. The van der Waals surface area contributed by atoms with Crippen LogP contribution in [0.15, 0.2) is 84.6 Å². The standard InChI is InChI=1S/C30H25N5O3/c1-20-27(16-23(17-31)30(36)32-15-14-22-18-33-28-8-4-2-6-25(22)28)26-7-3-5-9-29(26)34(20)19-21-10-12-24(13-11-21)35(37)38/h2-13,16,18,33H,14-15,19H2,1H3,(H,32,36). The lowest BCUT2D eigenvalue weighted by Crippen LogP contribution is -2.26. The summed E-state index contributed by atoms with van der Waals surface area (Å²) in [6.45, 7) is 2.85. The van der Waals surface area contributed by atoms with Gasteiger partial charge >= 0.3 is 0 Å². The Hall–Kier alpha value is -5.16. The van der Waals surface area contributed by atoms with E-state index >= 15 is 0 Å². The van der Waals surface area contributed by atoms with Crippen LogP contribution in [0.5, 0.6) is 0 Å². The minimum Gasteiger partial charge on any atom is -0.361 e. The monoisotopic (exact) mass is 503 g/mol. The van der Waals surface area contributed by atoms with Gasteiger partial charge < -0.3 is 14.9 Å². The first-order valence-electron chi connectivity index (χ1n) is 12.2. The number of nitriles is 1. The van der Waals surface area contributed by atoms with Crippen molar-refractivity contribution in [2.24, 2.45) is 0 Å². The summed E-state index contributed by atoms with van der Waals surface area (Å²) in [4.78, 5) is 26.7. The van der Waals surface area contributed by atoms with E-state index in [2.05, 4.69) is 20.9 Å². The second kappa shape index (κ2) is 10.4. The second-order valence-corrected chi connectivity index (χ2v) is 9.06. The van der Waals surface area contributed by atoms with E-state index in [9.17, 15) is 20.2 Å². The lowest BCUT2D eigenvalue weighted by atomic mass is 10.1. The molecule has 0 aliphatic heterocycles. The second-order valence-electron chi connectivity index (χ2n) is 9.06. The molecule has 2 heterocycles. The van der Waals surface area contributed by atoms with Crippen molar-refractivity contribution >= 4 is 39.5 Å². The molecule has 1 amide bonds. The number of para-hydroxylation sites is 2. The number of H-pyrrole nitrogens is 1. The van der Waals surface area contributed by atoms with Gasteiger partial charge in [0.05, 0.1) is 4.92 Å². The number of nitro benzene ring substituents is 1. The summed E-state index contributed by atoms with van der Waals surface area (Å²) in [5.41, 5.74) is 5.78. The van der Waals surface area contributed by atoms with Gasteiger partial charge in [-0.1, -0.05) is 48.5 Å². The van der Waals surface area contributed by atoms with Gasteiger partial charge in [-0.3, -0.25) is 14.9 Å². The van der Waals surface area contributed by atoms with Crippen LogP contribution in [0.2, 0.25) is 0 Å². The minimum atomic E-state index is -0.419. The van der Waals surface area contributed by atoms with Crippen LogP contribution in [0.3, 0.4) is 0 Å². The zero-order chi connectivity index (χ0) is 26.6. The van der Waals surface area contributed by atoms with Crippen LogP contribution in [0, 0.1) is 28.4 Å². The van der Waals surface area contributed by atoms with E-state index in [-0.39, 0.29) is 11.3 Å². The molecule has 38 heavy (non-hydrogen) atoms. The van der Waals surface area contributed by atoms with Crippen molar-refractivity contribution in [1.82, 2.24) is 14.9 Å². The van der Waals surface area contributed by atoms with Crippen molar-refractivity contribution in [3.8, 4) is 6.07 Å². The van der Waals surface area contributed by atoms with Crippen molar-refractivity contribution in [2.75, 3.05) is 6.54 Å². The van der Waals surface area contributed by atoms with Crippen LogP contribution in [0.1, 0.15) is 22.4 Å². The minimum absolute atomic E-state index is 0.0327. The number of carbonyl (C=O) groups is 1. The van der Waals surface area contributed by atoms with Gasteiger partial charge in [0.15, 0.2) is 0 Å². The summed E-state index contributed by atoms with van der Waals surface area (Å²) in [7, 11) is 0. The predicted octanol–water partition coefficient (Wildman–Crippen LogP) is 5.65. The molecule has 2 N–H and O–H groups in total. The lowest BCUT2D eigenvalue weighted by molar-refractivity contribution is -0.384. The van der Waals surface area contributed by atoms with E-state index in [1.54, 1.807) is 18.2 Å². The molecule has 0 radical (unpaired) electrons. The number of nitrogens with one attached hydrogen (secondary N) is 2. The van der Waals surface area contributed by atoms with Crippen molar-refractivity contribution in [3.63, 3.8) is 0 Å². The van der Waals surface area contributed by atoms with E-state index in [0.717, 1.165) is 44.2 Å².